The average Bonchev–Trinajstić information content (AvgIpc) is 3.25. The molecule has 150 valence electrons. The van der Waals surface area contributed by atoms with Crippen LogP contribution in [0.5, 0.6) is 0 Å². The Morgan fingerprint density at radius 3 is 2.93 bits per heavy atom. The number of nitrogens with zero attached hydrogens (tertiary/aromatic N) is 4. The standard InChI is InChI=1S/C22H29FN4O/c1-22(2)15-17-16-25(21(28)8-4-11-26-12-5-10-24-26)13-9-20(17)27(22)19-7-3-6-18(23)14-19/h3,5-7,10,12,14,17,20H,4,8-9,11,13,15-16H2,1-2H3/t17-,20+/m1/s1. The lowest BCUT2D eigenvalue weighted by Crippen LogP contribution is -2.50. The number of amides is 1. The van der Waals surface area contributed by atoms with E-state index < -0.39 is 0 Å². The van der Waals surface area contributed by atoms with E-state index in [1.54, 1.807) is 18.3 Å². The Kier molecular flexibility index (Phi) is 5.13. The van der Waals surface area contributed by atoms with Gasteiger partial charge in [0.25, 0.3) is 0 Å². The fourth-order valence-electron chi connectivity index (χ4n) is 5.13. The van der Waals surface area contributed by atoms with Gasteiger partial charge in [0.2, 0.25) is 5.91 Å². The zero-order valence-electron chi connectivity index (χ0n) is 16.7. The van der Waals surface area contributed by atoms with Crippen molar-refractivity contribution in [2.75, 3.05) is 18.0 Å². The largest absolute Gasteiger partial charge is 0.363 e. The van der Waals surface area contributed by atoms with Crippen LogP contribution in [0.25, 0.3) is 0 Å². The topological polar surface area (TPSA) is 41.4 Å². The molecule has 0 saturated carbocycles. The molecular weight excluding hydrogens is 355 g/mol. The predicted octanol–water partition coefficient (Wildman–Crippen LogP) is 3.71. The number of benzene rings is 1. The van der Waals surface area contributed by atoms with E-state index in [2.05, 4.69) is 23.8 Å². The molecule has 6 heteroatoms. The molecule has 1 aromatic heterocycles. The maximum atomic E-state index is 13.8. The van der Waals surface area contributed by atoms with Crippen molar-refractivity contribution >= 4 is 11.6 Å². The first-order chi connectivity index (χ1) is 13.4. The minimum Gasteiger partial charge on any atom is -0.363 e. The summed E-state index contributed by atoms with van der Waals surface area (Å²) in [5.74, 6) is 0.483. The predicted molar refractivity (Wildman–Crippen MR) is 108 cm³/mol. The van der Waals surface area contributed by atoms with Gasteiger partial charge in [0.15, 0.2) is 0 Å². The van der Waals surface area contributed by atoms with Gasteiger partial charge in [0, 0.05) is 55.7 Å². The molecule has 0 N–H and O–H groups in total. The van der Waals surface area contributed by atoms with E-state index in [0.29, 0.717) is 18.4 Å². The van der Waals surface area contributed by atoms with E-state index in [0.717, 1.165) is 44.6 Å². The van der Waals surface area contributed by atoms with Crippen LogP contribution in [-0.4, -0.2) is 45.3 Å². The molecule has 5 nitrogen and oxygen atoms in total. The maximum Gasteiger partial charge on any atom is 0.222 e. The van der Waals surface area contributed by atoms with Crippen molar-refractivity contribution in [3.05, 3.63) is 48.5 Å². The Morgan fingerprint density at radius 2 is 2.18 bits per heavy atom. The summed E-state index contributed by atoms with van der Waals surface area (Å²) in [6.07, 6.45) is 7.03. The third kappa shape index (κ3) is 3.77. The van der Waals surface area contributed by atoms with Crippen molar-refractivity contribution in [2.45, 2.75) is 57.7 Å². The molecule has 2 aliphatic heterocycles. The molecule has 2 saturated heterocycles. The fourth-order valence-corrected chi connectivity index (χ4v) is 5.13. The van der Waals surface area contributed by atoms with Gasteiger partial charge in [0.05, 0.1) is 0 Å². The molecule has 28 heavy (non-hydrogen) atoms. The van der Waals surface area contributed by atoms with Crippen molar-refractivity contribution in [1.82, 2.24) is 14.7 Å². The monoisotopic (exact) mass is 384 g/mol. The van der Waals surface area contributed by atoms with Gasteiger partial charge in [-0.3, -0.25) is 9.48 Å². The highest BCUT2D eigenvalue weighted by atomic mass is 19.1. The van der Waals surface area contributed by atoms with Crippen molar-refractivity contribution in [3.63, 3.8) is 0 Å². The van der Waals surface area contributed by atoms with Crippen LogP contribution in [0.15, 0.2) is 42.7 Å². The quantitative estimate of drug-likeness (QED) is 0.789. The van der Waals surface area contributed by atoms with Crippen LogP contribution in [0.3, 0.4) is 0 Å². The van der Waals surface area contributed by atoms with Crippen LogP contribution in [-0.2, 0) is 11.3 Å². The molecule has 0 radical (unpaired) electrons. The Hall–Kier alpha value is -2.37. The molecule has 2 atom stereocenters. The summed E-state index contributed by atoms with van der Waals surface area (Å²) in [5.41, 5.74) is 0.916. The summed E-state index contributed by atoms with van der Waals surface area (Å²) < 4.78 is 15.7. The molecule has 0 unspecified atom stereocenters. The van der Waals surface area contributed by atoms with Crippen LogP contribution in [0.4, 0.5) is 10.1 Å². The fraction of sp³-hybridized carbons (Fsp3) is 0.545. The number of hydrogen-bond donors (Lipinski definition) is 0. The van der Waals surface area contributed by atoms with E-state index in [4.69, 9.17) is 0 Å². The Morgan fingerprint density at radius 1 is 1.32 bits per heavy atom. The molecule has 0 bridgehead atoms. The maximum absolute atomic E-state index is 13.8. The zero-order chi connectivity index (χ0) is 19.7. The lowest BCUT2D eigenvalue weighted by Gasteiger charge is -2.42. The lowest BCUT2D eigenvalue weighted by atomic mass is 9.89. The molecule has 0 aliphatic carbocycles. The molecule has 4 rings (SSSR count). The summed E-state index contributed by atoms with van der Waals surface area (Å²) in [4.78, 5) is 17.1. The number of anilines is 1. The number of aryl methyl sites for hydroxylation is 1. The highest BCUT2D eigenvalue weighted by Crippen LogP contribution is 2.44. The summed E-state index contributed by atoms with van der Waals surface area (Å²) in [5, 5.41) is 4.19. The third-order valence-electron chi connectivity index (χ3n) is 6.22. The van der Waals surface area contributed by atoms with Crippen LogP contribution in [0.1, 0.15) is 39.5 Å². The summed E-state index contributed by atoms with van der Waals surface area (Å²) in [6.45, 7) is 6.82. The molecular formula is C22H29FN4O. The van der Waals surface area contributed by atoms with Crippen molar-refractivity contribution in [1.29, 1.82) is 0 Å². The Balaban J connectivity index is 1.38. The van der Waals surface area contributed by atoms with E-state index in [1.165, 1.54) is 6.07 Å². The van der Waals surface area contributed by atoms with E-state index in [1.807, 2.05) is 27.9 Å². The van der Waals surface area contributed by atoms with E-state index >= 15 is 0 Å². The third-order valence-corrected chi connectivity index (χ3v) is 6.22. The molecule has 2 fully saturated rings. The van der Waals surface area contributed by atoms with Gasteiger partial charge in [0.1, 0.15) is 5.82 Å². The van der Waals surface area contributed by atoms with Crippen LogP contribution in [0.2, 0.25) is 0 Å². The summed E-state index contributed by atoms with van der Waals surface area (Å²) in [7, 11) is 0. The van der Waals surface area contributed by atoms with Gasteiger partial charge in [-0.2, -0.15) is 5.10 Å². The SMILES string of the molecule is CC1(C)C[C@@H]2CN(C(=O)CCCn3cccn3)CC[C@@H]2N1c1cccc(F)c1. The van der Waals surface area contributed by atoms with Crippen LogP contribution < -0.4 is 4.90 Å². The van der Waals surface area contributed by atoms with E-state index in [-0.39, 0.29) is 17.3 Å². The molecule has 0 spiro atoms. The number of hydrogen-bond acceptors (Lipinski definition) is 3. The summed E-state index contributed by atoms with van der Waals surface area (Å²) >= 11 is 0. The van der Waals surface area contributed by atoms with Crippen molar-refractivity contribution in [3.8, 4) is 0 Å². The number of likely N-dealkylation sites (tertiary alicyclic amines) is 1. The van der Waals surface area contributed by atoms with Crippen LogP contribution >= 0.6 is 0 Å². The minimum absolute atomic E-state index is 0.0394. The molecule has 1 amide bonds. The van der Waals surface area contributed by atoms with Gasteiger partial charge >= 0.3 is 0 Å². The second-order valence-corrected chi connectivity index (χ2v) is 8.69. The molecule has 2 aromatic rings. The zero-order valence-corrected chi connectivity index (χ0v) is 16.7. The Bertz CT molecular complexity index is 820. The van der Waals surface area contributed by atoms with Crippen molar-refractivity contribution in [2.24, 2.45) is 5.92 Å². The summed E-state index contributed by atoms with van der Waals surface area (Å²) in [6, 6.07) is 9.18. The second-order valence-electron chi connectivity index (χ2n) is 8.69. The highest BCUT2D eigenvalue weighted by molar-refractivity contribution is 5.76. The van der Waals surface area contributed by atoms with Crippen LogP contribution in [0, 0.1) is 11.7 Å². The number of halogens is 1. The highest BCUT2D eigenvalue weighted by Gasteiger charge is 2.48. The number of piperidine rings is 1. The van der Waals surface area contributed by atoms with Gasteiger partial charge in [-0.05, 0) is 63.3 Å². The second kappa shape index (κ2) is 7.57. The number of aromatic nitrogens is 2. The minimum atomic E-state index is -0.193. The number of fused-ring (bicyclic) bond motifs is 1. The van der Waals surface area contributed by atoms with Gasteiger partial charge < -0.3 is 9.80 Å². The van der Waals surface area contributed by atoms with E-state index in [9.17, 15) is 9.18 Å². The first kappa shape index (κ1) is 19.0. The average molecular weight is 384 g/mol. The van der Waals surface area contributed by atoms with Gasteiger partial charge in [-0.1, -0.05) is 6.07 Å². The molecule has 1 aromatic carbocycles. The smallest absolute Gasteiger partial charge is 0.222 e. The van der Waals surface area contributed by atoms with Gasteiger partial charge in [-0.15, -0.1) is 0 Å². The lowest BCUT2D eigenvalue weighted by molar-refractivity contribution is -0.133. The number of carbonyl (C=O) groups excluding carboxylic acids is 1. The van der Waals surface area contributed by atoms with Gasteiger partial charge in [-0.25, -0.2) is 4.39 Å². The Labute approximate surface area is 166 Å². The molecule has 2 aliphatic rings. The number of carbonyl (C=O) groups is 1. The van der Waals surface area contributed by atoms with Crippen molar-refractivity contribution < 1.29 is 9.18 Å². The normalized spacial score (nSPS) is 23.7. The number of rotatable bonds is 5. The first-order valence-corrected chi connectivity index (χ1v) is 10.2. The molecule has 3 heterocycles. The first-order valence-electron chi connectivity index (χ1n) is 10.2.